The third kappa shape index (κ3) is 3.76. The summed E-state index contributed by atoms with van der Waals surface area (Å²) in [5, 5.41) is 2.49. The van der Waals surface area contributed by atoms with Crippen molar-refractivity contribution < 1.29 is 9.59 Å². The Labute approximate surface area is 107 Å². The SMILES string of the molecule is CC(C)N(C)C(=O)c1ccc(CNC(N)=O)cc1. The number of benzene rings is 1. The van der Waals surface area contributed by atoms with Gasteiger partial charge in [-0.05, 0) is 31.5 Å². The second-order valence-corrected chi connectivity index (χ2v) is 4.42. The van der Waals surface area contributed by atoms with Gasteiger partial charge in [0.25, 0.3) is 5.91 Å². The van der Waals surface area contributed by atoms with Crippen molar-refractivity contribution in [2.24, 2.45) is 5.73 Å². The quantitative estimate of drug-likeness (QED) is 0.844. The Hall–Kier alpha value is -2.04. The van der Waals surface area contributed by atoms with Gasteiger partial charge in [-0.25, -0.2) is 4.79 Å². The normalized spacial score (nSPS) is 10.2. The molecule has 0 bridgehead atoms. The molecular weight excluding hydrogens is 230 g/mol. The monoisotopic (exact) mass is 249 g/mol. The second kappa shape index (κ2) is 6.05. The summed E-state index contributed by atoms with van der Waals surface area (Å²) in [5.41, 5.74) is 6.51. The number of nitrogens with two attached hydrogens (primary N) is 1. The topological polar surface area (TPSA) is 75.4 Å². The Morgan fingerprint density at radius 1 is 1.28 bits per heavy atom. The fourth-order valence-corrected chi connectivity index (χ4v) is 1.39. The minimum absolute atomic E-state index is 0.0144. The molecular formula is C13H19N3O2. The molecule has 0 aliphatic heterocycles. The Balaban J connectivity index is 2.70. The lowest BCUT2D eigenvalue weighted by molar-refractivity contribution is 0.0755. The summed E-state index contributed by atoms with van der Waals surface area (Å²) in [5.74, 6) is -0.0144. The molecule has 1 rings (SSSR count). The van der Waals surface area contributed by atoms with Gasteiger partial charge >= 0.3 is 6.03 Å². The highest BCUT2D eigenvalue weighted by Gasteiger charge is 2.13. The summed E-state index contributed by atoms with van der Waals surface area (Å²) < 4.78 is 0. The van der Waals surface area contributed by atoms with Crippen LogP contribution in [0.4, 0.5) is 4.79 Å². The minimum atomic E-state index is -0.560. The Morgan fingerprint density at radius 3 is 2.28 bits per heavy atom. The summed E-state index contributed by atoms with van der Waals surface area (Å²) in [7, 11) is 1.77. The zero-order valence-electron chi connectivity index (χ0n) is 10.9. The largest absolute Gasteiger partial charge is 0.352 e. The molecule has 18 heavy (non-hydrogen) atoms. The highest BCUT2D eigenvalue weighted by Crippen LogP contribution is 2.08. The summed E-state index contributed by atoms with van der Waals surface area (Å²) in [6, 6.07) is 6.70. The molecule has 98 valence electrons. The number of rotatable bonds is 4. The van der Waals surface area contributed by atoms with Gasteiger partial charge in [0, 0.05) is 25.2 Å². The minimum Gasteiger partial charge on any atom is -0.352 e. The zero-order chi connectivity index (χ0) is 13.7. The molecule has 0 radical (unpaired) electrons. The van der Waals surface area contributed by atoms with Crippen LogP contribution in [0.3, 0.4) is 0 Å². The number of primary amides is 1. The third-order valence-corrected chi connectivity index (χ3v) is 2.76. The fourth-order valence-electron chi connectivity index (χ4n) is 1.39. The van der Waals surface area contributed by atoms with Crippen molar-refractivity contribution in [1.29, 1.82) is 0 Å². The molecule has 1 aromatic carbocycles. The van der Waals surface area contributed by atoms with Crippen molar-refractivity contribution in [2.45, 2.75) is 26.4 Å². The van der Waals surface area contributed by atoms with Crippen molar-refractivity contribution in [2.75, 3.05) is 7.05 Å². The molecule has 1 aromatic rings. The molecule has 0 spiro atoms. The number of nitrogens with zero attached hydrogens (tertiary/aromatic N) is 1. The van der Waals surface area contributed by atoms with Gasteiger partial charge in [0.1, 0.15) is 0 Å². The molecule has 5 nitrogen and oxygen atoms in total. The Kier molecular flexibility index (Phi) is 4.71. The standard InChI is InChI=1S/C13H19N3O2/c1-9(2)16(3)12(17)11-6-4-10(5-7-11)8-15-13(14)18/h4-7,9H,8H2,1-3H3,(H3,14,15,18). The van der Waals surface area contributed by atoms with Crippen LogP contribution in [-0.2, 0) is 6.54 Å². The lowest BCUT2D eigenvalue weighted by Gasteiger charge is -2.21. The van der Waals surface area contributed by atoms with Crippen LogP contribution in [0.5, 0.6) is 0 Å². The van der Waals surface area contributed by atoms with Crippen LogP contribution in [0.15, 0.2) is 24.3 Å². The summed E-state index contributed by atoms with van der Waals surface area (Å²) in [6.07, 6.45) is 0. The first kappa shape index (κ1) is 14.0. The van der Waals surface area contributed by atoms with E-state index < -0.39 is 6.03 Å². The highest BCUT2D eigenvalue weighted by molar-refractivity contribution is 5.94. The molecule has 5 heteroatoms. The van der Waals surface area contributed by atoms with Crippen molar-refractivity contribution in [3.8, 4) is 0 Å². The maximum absolute atomic E-state index is 12.0. The Bertz CT molecular complexity index is 426. The third-order valence-electron chi connectivity index (χ3n) is 2.76. The van der Waals surface area contributed by atoms with Gasteiger partial charge in [0.2, 0.25) is 0 Å². The van der Waals surface area contributed by atoms with Crippen LogP contribution < -0.4 is 11.1 Å². The first-order valence-electron chi connectivity index (χ1n) is 5.81. The van der Waals surface area contributed by atoms with E-state index in [4.69, 9.17) is 5.73 Å². The van der Waals surface area contributed by atoms with Gasteiger partial charge in [-0.15, -0.1) is 0 Å². The van der Waals surface area contributed by atoms with Gasteiger partial charge in [0.15, 0.2) is 0 Å². The lowest BCUT2D eigenvalue weighted by Crippen LogP contribution is -2.33. The molecule has 0 unspecified atom stereocenters. The predicted octanol–water partition coefficient (Wildman–Crippen LogP) is 1.34. The number of amides is 3. The maximum Gasteiger partial charge on any atom is 0.312 e. The summed E-state index contributed by atoms with van der Waals surface area (Å²) >= 11 is 0. The highest BCUT2D eigenvalue weighted by atomic mass is 16.2. The van der Waals surface area contributed by atoms with Crippen LogP contribution in [0.1, 0.15) is 29.8 Å². The van der Waals surface area contributed by atoms with E-state index in [1.807, 2.05) is 13.8 Å². The van der Waals surface area contributed by atoms with Crippen molar-refractivity contribution in [3.63, 3.8) is 0 Å². The van der Waals surface area contributed by atoms with E-state index in [9.17, 15) is 9.59 Å². The second-order valence-electron chi connectivity index (χ2n) is 4.42. The Morgan fingerprint density at radius 2 is 1.83 bits per heavy atom. The molecule has 0 saturated heterocycles. The van der Waals surface area contributed by atoms with Crippen LogP contribution in [0.2, 0.25) is 0 Å². The van der Waals surface area contributed by atoms with Gasteiger partial charge in [0.05, 0.1) is 0 Å². The smallest absolute Gasteiger partial charge is 0.312 e. The number of carbonyl (C=O) groups excluding carboxylic acids is 2. The zero-order valence-corrected chi connectivity index (χ0v) is 10.9. The molecule has 0 aliphatic rings. The molecule has 3 amide bonds. The van der Waals surface area contributed by atoms with Crippen LogP contribution in [-0.4, -0.2) is 29.9 Å². The molecule has 0 saturated carbocycles. The van der Waals surface area contributed by atoms with E-state index in [-0.39, 0.29) is 11.9 Å². The molecule has 0 aliphatic carbocycles. The van der Waals surface area contributed by atoms with Crippen LogP contribution >= 0.6 is 0 Å². The maximum atomic E-state index is 12.0. The molecule has 3 N–H and O–H groups in total. The van der Waals surface area contributed by atoms with Gasteiger partial charge < -0.3 is 16.0 Å². The molecule has 0 heterocycles. The molecule has 0 fully saturated rings. The number of hydrogen-bond donors (Lipinski definition) is 2. The van der Waals surface area contributed by atoms with E-state index in [0.29, 0.717) is 12.1 Å². The number of urea groups is 1. The fraction of sp³-hybridized carbons (Fsp3) is 0.385. The van der Waals surface area contributed by atoms with Crippen molar-refractivity contribution in [1.82, 2.24) is 10.2 Å². The molecule has 0 atom stereocenters. The van der Waals surface area contributed by atoms with E-state index in [1.54, 1.807) is 36.2 Å². The summed E-state index contributed by atoms with van der Waals surface area (Å²) in [4.78, 5) is 24.2. The van der Waals surface area contributed by atoms with Gasteiger partial charge in [-0.2, -0.15) is 0 Å². The number of carbonyl (C=O) groups is 2. The number of nitrogens with one attached hydrogen (secondary N) is 1. The van der Waals surface area contributed by atoms with Crippen LogP contribution in [0, 0.1) is 0 Å². The average Bonchev–Trinajstić information content (AvgIpc) is 2.35. The van der Waals surface area contributed by atoms with E-state index in [1.165, 1.54) is 0 Å². The van der Waals surface area contributed by atoms with E-state index in [2.05, 4.69) is 5.32 Å². The predicted molar refractivity (Wildman–Crippen MR) is 70.1 cm³/mol. The van der Waals surface area contributed by atoms with Crippen molar-refractivity contribution >= 4 is 11.9 Å². The lowest BCUT2D eigenvalue weighted by atomic mass is 10.1. The van der Waals surface area contributed by atoms with Crippen molar-refractivity contribution in [3.05, 3.63) is 35.4 Å². The molecule has 0 aromatic heterocycles. The first-order chi connectivity index (χ1) is 8.41. The van der Waals surface area contributed by atoms with Gasteiger partial charge in [-0.3, -0.25) is 4.79 Å². The number of hydrogen-bond acceptors (Lipinski definition) is 2. The van der Waals surface area contributed by atoms with E-state index in [0.717, 1.165) is 5.56 Å². The first-order valence-corrected chi connectivity index (χ1v) is 5.81. The van der Waals surface area contributed by atoms with Gasteiger partial charge in [-0.1, -0.05) is 12.1 Å². The van der Waals surface area contributed by atoms with Crippen LogP contribution in [0.25, 0.3) is 0 Å². The summed E-state index contributed by atoms with van der Waals surface area (Å²) in [6.45, 7) is 4.29. The average molecular weight is 249 g/mol. The van der Waals surface area contributed by atoms with E-state index >= 15 is 0 Å².